The van der Waals surface area contributed by atoms with Gasteiger partial charge in [0.2, 0.25) is 0 Å². The van der Waals surface area contributed by atoms with Crippen LogP contribution in [0.15, 0.2) is 0 Å². The third kappa shape index (κ3) is 2.99. The molecule has 0 spiro atoms. The molecular formula is C9H17BN2O2. The van der Waals surface area contributed by atoms with Crippen LogP contribution in [0.5, 0.6) is 0 Å². The van der Waals surface area contributed by atoms with Crippen molar-refractivity contribution in [2.45, 2.75) is 19.4 Å². The van der Waals surface area contributed by atoms with Gasteiger partial charge >= 0.3 is 84.5 Å². The van der Waals surface area contributed by atoms with Gasteiger partial charge in [0, 0.05) is 0 Å². The molecular weight excluding hydrogens is 179 g/mol. The molecule has 78 valence electrons. The molecule has 0 saturated carbocycles. The van der Waals surface area contributed by atoms with Crippen molar-refractivity contribution in [2.24, 2.45) is 5.92 Å². The topological polar surface area (TPSA) is 49.4 Å². The van der Waals surface area contributed by atoms with Crippen LogP contribution in [0.2, 0.25) is 0 Å². The van der Waals surface area contributed by atoms with E-state index in [9.17, 15) is 9.50 Å². The average molecular weight is 196 g/mol. The van der Waals surface area contributed by atoms with Gasteiger partial charge in [-0.15, -0.1) is 0 Å². The summed E-state index contributed by atoms with van der Waals surface area (Å²) in [5, 5.41) is 3.16. The fourth-order valence-corrected chi connectivity index (χ4v) is 2.01. The Morgan fingerprint density at radius 3 is 2.93 bits per heavy atom. The molecule has 2 atom stereocenters. The molecule has 0 aromatic rings. The number of carbonyl (C=O) groups excluding carboxylic acids is 1. The third-order valence-electron chi connectivity index (χ3n) is 2.83. The first kappa shape index (κ1) is 11.5. The Bertz CT molecular complexity index is 201. The van der Waals surface area contributed by atoms with E-state index >= 15 is 0 Å². The van der Waals surface area contributed by atoms with Crippen LogP contribution in [-0.2, 0) is 9.50 Å². The van der Waals surface area contributed by atoms with Gasteiger partial charge in [0.15, 0.2) is 0 Å². The zero-order valence-corrected chi connectivity index (χ0v) is 8.61. The second kappa shape index (κ2) is 6.04. The van der Waals surface area contributed by atoms with Crippen molar-refractivity contribution in [1.29, 1.82) is 0 Å². The number of hydrogen-bond acceptors (Lipinski definition) is 4. The van der Waals surface area contributed by atoms with Gasteiger partial charge in [-0.2, -0.15) is 0 Å². The molecule has 1 aliphatic rings. The Labute approximate surface area is 85.3 Å². The first-order valence-corrected chi connectivity index (χ1v) is 5.14. The van der Waals surface area contributed by atoms with E-state index in [-0.39, 0.29) is 0 Å². The number of hydrogen-bond donors (Lipinski definition) is 1. The van der Waals surface area contributed by atoms with Gasteiger partial charge in [0.25, 0.3) is 0 Å². The fourth-order valence-electron chi connectivity index (χ4n) is 2.01. The molecule has 1 rings (SSSR count). The second-order valence-electron chi connectivity index (χ2n) is 3.70. The van der Waals surface area contributed by atoms with Crippen molar-refractivity contribution in [3.8, 4) is 0 Å². The molecule has 0 unspecified atom stereocenters. The standard InChI is InChI=1S/C9H17BN2O2/c1-2-12-5-8(3-4-13)9(6-12)11-7-10-14/h4,8-9,11H,2-3,5-7H2,1H3/t8-,9-/m0/s1. The zero-order valence-electron chi connectivity index (χ0n) is 8.61. The predicted molar refractivity (Wildman–Crippen MR) is 54.5 cm³/mol. The number of rotatable bonds is 6. The van der Waals surface area contributed by atoms with Crippen LogP contribution in [0.3, 0.4) is 0 Å². The predicted octanol–water partition coefficient (Wildman–Crippen LogP) is -0.507. The molecule has 1 aliphatic heterocycles. The van der Waals surface area contributed by atoms with E-state index in [1.54, 1.807) is 0 Å². The van der Waals surface area contributed by atoms with Gasteiger partial charge < -0.3 is 0 Å². The van der Waals surface area contributed by atoms with Crippen molar-refractivity contribution in [2.75, 3.05) is 26.1 Å². The first-order valence-electron chi connectivity index (χ1n) is 5.14. The number of likely N-dealkylation sites (tertiary alicyclic amines) is 1. The average Bonchev–Trinajstić information content (AvgIpc) is 2.58. The summed E-state index contributed by atoms with van der Waals surface area (Å²) >= 11 is 0. The Hall–Kier alpha value is -0.545. The molecule has 4 nitrogen and oxygen atoms in total. The summed E-state index contributed by atoms with van der Waals surface area (Å²) in [4.78, 5) is 12.8. The van der Waals surface area contributed by atoms with Gasteiger partial charge in [-0.05, 0) is 0 Å². The Kier molecular flexibility index (Phi) is 4.97. The molecule has 1 N–H and O–H groups in total. The van der Waals surface area contributed by atoms with Crippen molar-refractivity contribution in [3.63, 3.8) is 0 Å². The van der Waals surface area contributed by atoms with Gasteiger partial charge in [-0.3, -0.25) is 0 Å². The Balaban J connectivity index is 2.43. The van der Waals surface area contributed by atoms with E-state index in [0.717, 1.165) is 33.1 Å². The van der Waals surface area contributed by atoms with E-state index in [0.29, 0.717) is 24.8 Å². The van der Waals surface area contributed by atoms with Crippen LogP contribution >= 0.6 is 0 Å². The summed E-state index contributed by atoms with van der Waals surface area (Å²) in [5.74, 6) is 0.368. The SMILES string of the molecule is CCN1C[C@H](CC=O)[C@@H](NCB=O)C1. The van der Waals surface area contributed by atoms with Crippen LogP contribution in [0.4, 0.5) is 0 Å². The number of carbonyl (C=O) groups is 1. The molecule has 5 heteroatoms. The maximum absolute atomic E-state index is 10.5. The van der Waals surface area contributed by atoms with Crippen molar-refractivity contribution in [3.05, 3.63) is 0 Å². The van der Waals surface area contributed by atoms with Crippen LogP contribution in [0.1, 0.15) is 13.3 Å². The molecule has 0 aliphatic carbocycles. The summed E-state index contributed by atoms with van der Waals surface area (Å²) < 4.78 is 10.2. The van der Waals surface area contributed by atoms with Crippen LogP contribution in [0, 0.1) is 5.92 Å². The van der Waals surface area contributed by atoms with Crippen LogP contribution in [-0.4, -0.2) is 50.5 Å². The Morgan fingerprint density at radius 1 is 1.57 bits per heavy atom. The van der Waals surface area contributed by atoms with E-state index in [1.807, 2.05) is 0 Å². The van der Waals surface area contributed by atoms with Crippen molar-refractivity contribution in [1.82, 2.24) is 10.2 Å². The molecule has 1 fully saturated rings. The van der Waals surface area contributed by atoms with Crippen LogP contribution < -0.4 is 5.32 Å². The third-order valence-corrected chi connectivity index (χ3v) is 2.83. The normalized spacial score (nSPS) is 27.5. The second-order valence-corrected chi connectivity index (χ2v) is 3.70. The first-order chi connectivity index (χ1) is 6.81. The molecule has 0 amide bonds. The minimum absolute atomic E-state index is 0.297. The summed E-state index contributed by atoms with van der Waals surface area (Å²) in [6, 6.07) is 0.297. The van der Waals surface area contributed by atoms with Gasteiger partial charge in [-0.25, -0.2) is 0 Å². The molecule has 0 radical (unpaired) electrons. The van der Waals surface area contributed by atoms with E-state index in [2.05, 4.69) is 17.1 Å². The van der Waals surface area contributed by atoms with Gasteiger partial charge in [0.1, 0.15) is 0 Å². The fraction of sp³-hybridized carbons (Fsp3) is 0.889. The van der Waals surface area contributed by atoms with Gasteiger partial charge in [-0.1, -0.05) is 0 Å². The molecule has 14 heavy (non-hydrogen) atoms. The molecule has 1 heterocycles. The number of likely N-dealkylation sites (N-methyl/N-ethyl adjacent to an activating group) is 1. The molecule has 0 bridgehead atoms. The summed E-state index contributed by atoms with van der Waals surface area (Å²) in [7, 11) is 0.868. The molecule has 0 aromatic carbocycles. The van der Waals surface area contributed by atoms with E-state index < -0.39 is 0 Å². The van der Waals surface area contributed by atoms with Crippen molar-refractivity contribution >= 4 is 13.4 Å². The zero-order chi connectivity index (χ0) is 10.4. The molecule has 1 saturated heterocycles. The number of nitrogens with one attached hydrogen (secondary N) is 1. The van der Waals surface area contributed by atoms with Crippen molar-refractivity contribution < 1.29 is 9.50 Å². The number of nitrogens with zero attached hydrogens (tertiary/aromatic N) is 1. The Morgan fingerprint density at radius 2 is 2.36 bits per heavy atom. The minimum atomic E-state index is 0.297. The van der Waals surface area contributed by atoms with E-state index in [1.165, 1.54) is 0 Å². The molecule has 0 aromatic heterocycles. The summed E-state index contributed by atoms with van der Waals surface area (Å²) in [6.07, 6.45) is 1.95. The number of aldehydes is 1. The van der Waals surface area contributed by atoms with Gasteiger partial charge in [0.05, 0.1) is 0 Å². The maximum atomic E-state index is 10.5. The van der Waals surface area contributed by atoms with E-state index in [4.69, 9.17) is 0 Å². The summed E-state index contributed by atoms with van der Waals surface area (Å²) in [6.45, 7) is 5.03. The van der Waals surface area contributed by atoms with Crippen LogP contribution in [0.25, 0.3) is 0 Å². The quantitative estimate of drug-likeness (QED) is 0.459. The monoisotopic (exact) mass is 196 g/mol. The summed E-state index contributed by atoms with van der Waals surface area (Å²) in [5.41, 5.74) is 0.